The first kappa shape index (κ1) is 12.4. The lowest BCUT2D eigenvalue weighted by molar-refractivity contribution is 0.795. The quantitative estimate of drug-likeness (QED) is 0.667. The van der Waals surface area contributed by atoms with Crippen molar-refractivity contribution in [1.82, 2.24) is 0 Å². The highest BCUT2D eigenvalue weighted by molar-refractivity contribution is 9.08. The minimum Gasteiger partial charge on any atom is -0.0876 e. The van der Waals surface area contributed by atoms with E-state index in [1.54, 1.807) is 0 Å². The first-order valence-electron chi connectivity index (χ1n) is 4.71. The number of hydrogen-bond donors (Lipinski definition) is 0. The van der Waals surface area contributed by atoms with Gasteiger partial charge in [0.2, 0.25) is 0 Å². The third-order valence-corrected chi connectivity index (χ3v) is 3.47. The zero-order valence-corrected chi connectivity index (χ0v) is 11.2. The fourth-order valence-corrected chi connectivity index (χ4v) is 2.45. The highest BCUT2D eigenvalue weighted by atomic mass is 79.9. The minimum absolute atomic E-state index is 0.750. The summed E-state index contributed by atoms with van der Waals surface area (Å²) >= 11 is 15.6. The van der Waals surface area contributed by atoms with Crippen molar-refractivity contribution in [2.75, 3.05) is 0 Å². The Morgan fingerprint density at radius 1 is 1.14 bits per heavy atom. The van der Waals surface area contributed by atoms with Gasteiger partial charge in [0, 0.05) is 15.4 Å². The third kappa shape index (κ3) is 3.15. The van der Waals surface area contributed by atoms with E-state index in [4.69, 9.17) is 23.2 Å². The van der Waals surface area contributed by atoms with Gasteiger partial charge in [-0.05, 0) is 36.1 Å². The van der Waals surface area contributed by atoms with E-state index in [1.807, 2.05) is 12.1 Å². The van der Waals surface area contributed by atoms with Crippen LogP contribution in [-0.4, -0.2) is 0 Å². The van der Waals surface area contributed by atoms with Crippen LogP contribution in [0.5, 0.6) is 0 Å². The molecule has 3 heteroatoms. The predicted molar refractivity (Wildman–Crippen MR) is 67.7 cm³/mol. The van der Waals surface area contributed by atoms with Crippen molar-refractivity contribution in [3.05, 3.63) is 33.3 Å². The van der Waals surface area contributed by atoms with E-state index >= 15 is 0 Å². The van der Waals surface area contributed by atoms with Crippen molar-refractivity contribution in [1.29, 1.82) is 0 Å². The maximum atomic E-state index is 6.14. The number of alkyl halides is 1. The molecule has 0 fully saturated rings. The molecule has 0 amide bonds. The Bertz CT molecular complexity index is 310. The smallest absolute Gasteiger partial charge is 0.0450 e. The van der Waals surface area contributed by atoms with Gasteiger partial charge >= 0.3 is 0 Å². The summed E-state index contributed by atoms with van der Waals surface area (Å²) in [7, 11) is 0. The Kier molecular flexibility index (Phi) is 5.29. The molecule has 0 aliphatic carbocycles. The van der Waals surface area contributed by atoms with Crippen LogP contribution in [0.3, 0.4) is 0 Å². The second-order valence-electron chi connectivity index (χ2n) is 3.27. The van der Waals surface area contributed by atoms with Gasteiger partial charge in [-0.1, -0.05) is 52.5 Å². The van der Waals surface area contributed by atoms with Crippen LogP contribution in [0.1, 0.15) is 30.9 Å². The van der Waals surface area contributed by atoms with Crippen LogP contribution < -0.4 is 0 Å². The van der Waals surface area contributed by atoms with Crippen LogP contribution in [-0.2, 0) is 11.8 Å². The predicted octanol–water partition coefficient (Wildman–Crippen LogP) is 5.23. The molecule has 0 bridgehead atoms. The molecule has 78 valence electrons. The average molecular weight is 296 g/mol. The molecule has 0 saturated carbocycles. The van der Waals surface area contributed by atoms with Crippen LogP contribution in [0.4, 0.5) is 0 Å². The number of unbranched alkanes of at least 4 members (excludes halogenated alkanes) is 1. The summed E-state index contributed by atoms with van der Waals surface area (Å²) in [6, 6.07) is 3.93. The molecule has 0 heterocycles. The van der Waals surface area contributed by atoms with Crippen LogP contribution in [0.2, 0.25) is 10.0 Å². The molecule has 1 aromatic rings. The zero-order valence-electron chi connectivity index (χ0n) is 8.12. The molecule has 0 aliphatic heterocycles. The van der Waals surface area contributed by atoms with Gasteiger partial charge in [0.25, 0.3) is 0 Å². The molecule has 0 aromatic heterocycles. The number of rotatable bonds is 4. The van der Waals surface area contributed by atoms with Crippen molar-refractivity contribution >= 4 is 39.1 Å². The van der Waals surface area contributed by atoms with Crippen LogP contribution >= 0.6 is 39.1 Å². The fourth-order valence-electron chi connectivity index (χ4n) is 1.29. The molecular weight excluding hydrogens is 283 g/mol. The molecule has 1 aromatic carbocycles. The van der Waals surface area contributed by atoms with Crippen molar-refractivity contribution in [2.45, 2.75) is 31.5 Å². The van der Waals surface area contributed by atoms with Crippen molar-refractivity contribution in [3.8, 4) is 0 Å². The molecule has 0 saturated heterocycles. The standard InChI is InChI=1S/C11H13BrCl2/c1-2-3-4-8-5-11(14)9(7-12)6-10(8)13/h5-6H,2-4,7H2,1H3. The highest BCUT2D eigenvalue weighted by Crippen LogP contribution is 2.27. The summed E-state index contributed by atoms with van der Waals surface area (Å²) < 4.78 is 0. The molecule has 1 rings (SSSR count). The molecular formula is C11H13BrCl2. The number of benzene rings is 1. The molecule has 0 nitrogen and oxygen atoms in total. The Hall–Kier alpha value is 0.280. The van der Waals surface area contributed by atoms with E-state index in [-0.39, 0.29) is 0 Å². The molecule has 0 radical (unpaired) electrons. The molecule has 0 aliphatic rings. The summed E-state index contributed by atoms with van der Waals surface area (Å²) in [6.07, 6.45) is 3.34. The SMILES string of the molecule is CCCCc1cc(Cl)c(CBr)cc1Cl. The zero-order chi connectivity index (χ0) is 10.6. The summed E-state index contributed by atoms with van der Waals surface area (Å²) in [5.41, 5.74) is 2.21. The minimum atomic E-state index is 0.750. The lowest BCUT2D eigenvalue weighted by Gasteiger charge is -2.07. The maximum absolute atomic E-state index is 6.14. The average Bonchev–Trinajstić information content (AvgIpc) is 2.18. The van der Waals surface area contributed by atoms with Gasteiger partial charge in [-0.15, -0.1) is 0 Å². The number of aryl methyl sites for hydroxylation is 1. The van der Waals surface area contributed by atoms with E-state index < -0.39 is 0 Å². The topological polar surface area (TPSA) is 0 Å². The summed E-state index contributed by atoms with van der Waals surface area (Å²) in [4.78, 5) is 0. The third-order valence-electron chi connectivity index (χ3n) is 2.16. The summed E-state index contributed by atoms with van der Waals surface area (Å²) in [5.74, 6) is 0. The van der Waals surface area contributed by atoms with E-state index in [9.17, 15) is 0 Å². The van der Waals surface area contributed by atoms with Crippen LogP contribution in [0, 0.1) is 0 Å². The number of hydrogen-bond acceptors (Lipinski definition) is 0. The van der Waals surface area contributed by atoms with Crippen molar-refractivity contribution in [2.24, 2.45) is 0 Å². The van der Waals surface area contributed by atoms with E-state index in [0.717, 1.165) is 39.3 Å². The lowest BCUT2D eigenvalue weighted by atomic mass is 10.1. The molecule has 0 N–H and O–H groups in total. The molecule has 0 atom stereocenters. The van der Waals surface area contributed by atoms with Gasteiger partial charge in [-0.3, -0.25) is 0 Å². The van der Waals surface area contributed by atoms with Gasteiger partial charge in [0.15, 0.2) is 0 Å². The van der Waals surface area contributed by atoms with Gasteiger partial charge in [0.05, 0.1) is 0 Å². The highest BCUT2D eigenvalue weighted by Gasteiger charge is 2.05. The maximum Gasteiger partial charge on any atom is 0.0450 e. The second kappa shape index (κ2) is 5.99. The van der Waals surface area contributed by atoms with Gasteiger partial charge in [-0.2, -0.15) is 0 Å². The normalized spacial score (nSPS) is 10.6. The van der Waals surface area contributed by atoms with Crippen molar-refractivity contribution in [3.63, 3.8) is 0 Å². The first-order chi connectivity index (χ1) is 6.69. The second-order valence-corrected chi connectivity index (χ2v) is 4.65. The van der Waals surface area contributed by atoms with Gasteiger partial charge in [-0.25, -0.2) is 0 Å². The Balaban J connectivity index is 2.90. The largest absolute Gasteiger partial charge is 0.0876 e. The van der Waals surface area contributed by atoms with E-state index in [2.05, 4.69) is 22.9 Å². The van der Waals surface area contributed by atoms with Gasteiger partial charge in [0.1, 0.15) is 0 Å². The Morgan fingerprint density at radius 2 is 1.71 bits per heavy atom. The Morgan fingerprint density at radius 3 is 2.29 bits per heavy atom. The number of halogens is 3. The van der Waals surface area contributed by atoms with E-state index in [1.165, 1.54) is 6.42 Å². The van der Waals surface area contributed by atoms with Crippen molar-refractivity contribution < 1.29 is 0 Å². The summed E-state index contributed by atoms with van der Waals surface area (Å²) in [6.45, 7) is 2.17. The fraction of sp³-hybridized carbons (Fsp3) is 0.455. The Labute approximate surface area is 104 Å². The molecule has 14 heavy (non-hydrogen) atoms. The van der Waals surface area contributed by atoms with Gasteiger partial charge < -0.3 is 0 Å². The molecule has 0 unspecified atom stereocenters. The summed E-state index contributed by atoms with van der Waals surface area (Å²) in [5, 5.41) is 2.38. The lowest BCUT2D eigenvalue weighted by Crippen LogP contribution is -1.89. The monoisotopic (exact) mass is 294 g/mol. The van der Waals surface area contributed by atoms with Crippen LogP contribution in [0.15, 0.2) is 12.1 Å². The van der Waals surface area contributed by atoms with Crippen LogP contribution in [0.25, 0.3) is 0 Å². The molecule has 0 spiro atoms. The van der Waals surface area contributed by atoms with E-state index in [0.29, 0.717) is 0 Å². The first-order valence-corrected chi connectivity index (χ1v) is 6.59.